The van der Waals surface area contributed by atoms with Crippen molar-refractivity contribution >= 4 is 6.03 Å². The highest BCUT2D eigenvalue weighted by atomic mass is 16.2. The molecule has 2 amide bonds. The molecule has 0 spiro atoms. The van der Waals surface area contributed by atoms with Crippen molar-refractivity contribution in [3.05, 3.63) is 42.4 Å². The van der Waals surface area contributed by atoms with Crippen molar-refractivity contribution in [1.29, 1.82) is 0 Å². The van der Waals surface area contributed by atoms with Gasteiger partial charge in [0.1, 0.15) is 0 Å². The molecule has 0 aromatic carbocycles. The first kappa shape index (κ1) is 17.5. The minimum Gasteiger partial charge on any atom is -0.338 e. The molecule has 2 N–H and O–H groups in total. The second kappa shape index (κ2) is 8.65. The van der Waals surface area contributed by atoms with Gasteiger partial charge in [-0.25, -0.2) is 14.5 Å². The lowest BCUT2D eigenvalue weighted by molar-refractivity contribution is 0.229. The van der Waals surface area contributed by atoms with Gasteiger partial charge in [0.05, 0.1) is 0 Å². The molecule has 0 unspecified atom stereocenters. The molecule has 0 atom stereocenters. The maximum atomic E-state index is 12.0. The van der Waals surface area contributed by atoms with Crippen LogP contribution in [0.5, 0.6) is 0 Å². The van der Waals surface area contributed by atoms with E-state index in [0.717, 1.165) is 23.8 Å². The van der Waals surface area contributed by atoms with E-state index in [-0.39, 0.29) is 6.03 Å². The maximum Gasteiger partial charge on any atom is 0.315 e. The van der Waals surface area contributed by atoms with Gasteiger partial charge in [-0.1, -0.05) is 26.2 Å². The van der Waals surface area contributed by atoms with E-state index in [0.29, 0.717) is 12.5 Å². The zero-order valence-electron chi connectivity index (χ0n) is 14.8. The molecule has 134 valence electrons. The van der Waals surface area contributed by atoms with Crippen LogP contribution in [0.4, 0.5) is 4.79 Å². The number of rotatable bonds is 6. The summed E-state index contributed by atoms with van der Waals surface area (Å²) in [5.74, 6) is 2.26. The third-order valence-electron chi connectivity index (χ3n) is 5.10. The Balaban J connectivity index is 1.41. The van der Waals surface area contributed by atoms with E-state index in [4.69, 9.17) is 0 Å². The highest BCUT2D eigenvalue weighted by molar-refractivity contribution is 5.73. The Hall–Kier alpha value is -2.37. The van der Waals surface area contributed by atoms with E-state index in [1.165, 1.54) is 32.1 Å². The number of carbonyl (C=O) groups excluding carboxylic acids is 1. The highest BCUT2D eigenvalue weighted by Gasteiger charge is 2.20. The van der Waals surface area contributed by atoms with Gasteiger partial charge < -0.3 is 10.6 Å². The summed E-state index contributed by atoms with van der Waals surface area (Å²) in [4.78, 5) is 16.3. The number of pyridine rings is 1. The van der Waals surface area contributed by atoms with Crippen molar-refractivity contribution in [2.45, 2.75) is 45.6 Å². The number of hydrogen-bond acceptors (Lipinski definition) is 3. The zero-order valence-corrected chi connectivity index (χ0v) is 14.8. The van der Waals surface area contributed by atoms with Crippen molar-refractivity contribution in [3.8, 4) is 5.82 Å². The topological polar surface area (TPSA) is 71.8 Å². The minimum atomic E-state index is -0.102. The summed E-state index contributed by atoms with van der Waals surface area (Å²) >= 11 is 0. The number of urea groups is 1. The molecule has 1 fully saturated rings. The molecule has 0 aliphatic heterocycles. The van der Waals surface area contributed by atoms with Gasteiger partial charge in [0.2, 0.25) is 0 Å². The summed E-state index contributed by atoms with van der Waals surface area (Å²) in [7, 11) is 0. The molecule has 2 aromatic rings. The molecule has 3 rings (SSSR count). The lowest BCUT2D eigenvalue weighted by Crippen LogP contribution is -2.38. The molecule has 1 saturated carbocycles. The van der Waals surface area contributed by atoms with Gasteiger partial charge >= 0.3 is 6.03 Å². The van der Waals surface area contributed by atoms with E-state index < -0.39 is 0 Å². The zero-order chi connectivity index (χ0) is 17.5. The third-order valence-corrected chi connectivity index (χ3v) is 5.10. The predicted octanol–water partition coefficient (Wildman–Crippen LogP) is 3.28. The molecule has 2 heterocycles. The average molecular weight is 341 g/mol. The van der Waals surface area contributed by atoms with Gasteiger partial charge in [-0.2, -0.15) is 5.10 Å². The molecule has 0 saturated heterocycles. The van der Waals surface area contributed by atoms with Gasteiger partial charge in [0.25, 0.3) is 0 Å². The lowest BCUT2D eigenvalue weighted by atomic mass is 9.81. The SMILES string of the molecule is CCC1CCC(CNC(=O)NCc2ccnc(-n3cccn3)c2)CC1. The smallest absolute Gasteiger partial charge is 0.315 e. The minimum absolute atomic E-state index is 0.102. The van der Waals surface area contributed by atoms with Gasteiger partial charge in [-0.3, -0.25) is 0 Å². The first-order chi connectivity index (χ1) is 12.2. The maximum absolute atomic E-state index is 12.0. The van der Waals surface area contributed by atoms with E-state index in [9.17, 15) is 4.79 Å². The largest absolute Gasteiger partial charge is 0.338 e. The average Bonchev–Trinajstić information content (AvgIpc) is 3.20. The number of carbonyl (C=O) groups is 1. The van der Waals surface area contributed by atoms with E-state index >= 15 is 0 Å². The van der Waals surface area contributed by atoms with Crippen LogP contribution in [0.3, 0.4) is 0 Å². The van der Waals surface area contributed by atoms with Gasteiger partial charge in [0, 0.05) is 31.7 Å². The first-order valence-corrected chi connectivity index (χ1v) is 9.21. The van der Waals surface area contributed by atoms with Crippen LogP contribution >= 0.6 is 0 Å². The quantitative estimate of drug-likeness (QED) is 0.847. The fourth-order valence-corrected chi connectivity index (χ4v) is 3.43. The molecule has 6 nitrogen and oxygen atoms in total. The van der Waals surface area contributed by atoms with Crippen LogP contribution in [-0.4, -0.2) is 27.3 Å². The molecular formula is C19H27N5O. The summed E-state index contributed by atoms with van der Waals surface area (Å²) in [5, 5.41) is 10.1. The van der Waals surface area contributed by atoms with Crippen molar-refractivity contribution in [2.75, 3.05) is 6.54 Å². The van der Waals surface area contributed by atoms with Crippen LogP contribution in [0.1, 0.15) is 44.6 Å². The predicted molar refractivity (Wildman–Crippen MR) is 97.3 cm³/mol. The molecule has 2 aromatic heterocycles. The second-order valence-electron chi connectivity index (χ2n) is 6.83. The first-order valence-electron chi connectivity index (χ1n) is 9.21. The van der Waals surface area contributed by atoms with Crippen molar-refractivity contribution < 1.29 is 4.79 Å². The molecule has 0 bridgehead atoms. The van der Waals surface area contributed by atoms with Crippen LogP contribution in [0.2, 0.25) is 0 Å². The summed E-state index contributed by atoms with van der Waals surface area (Å²) in [5.41, 5.74) is 0.999. The Morgan fingerprint density at radius 3 is 2.72 bits per heavy atom. The highest BCUT2D eigenvalue weighted by Crippen LogP contribution is 2.29. The monoisotopic (exact) mass is 341 g/mol. The van der Waals surface area contributed by atoms with Crippen LogP contribution in [0.25, 0.3) is 5.82 Å². The Kier molecular flexibility index (Phi) is 6.04. The number of amides is 2. The molecular weight excluding hydrogens is 314 g/mol. The Morgan fingerprint density at radius 1 is 1.20 bits per heavy atom. The summed E-state index contributed by atoms with van der Waals surface area (Å²) in [6.45, 7) is 3.52. The Labute approximate surface area is 149 Å². The molecule has 25 heavy (non-hydrogen) atoms. The Morgan fingerprint density at radius 2 is 2.00 bits per heavy atom. The lowest BCUT2D eigenvalue weighted by Gasteiger charge is -2.27. The van der Waals surface area contributed by atoms with Gasteiger partial charge in [-0.15, -0.1) is 0 Å². The van der Waals surface area contributed by atoms with Crippen LogP contribution in [0.15, 0.2) is 36.8 Å². The summed E-state index contributed by atoms with van der Waals surface area (Å²) in [6.07, 6.45) is 11.7. The van der Waals surface area contributed by atoms with E-state index in [1.807, 2.05) is 24.4 Å². The van der Waals surface area contributed by atoms with Gasteiger partial charge in [-0.05, 0) is 48.4 Å². The number of nitrogens with zero attached hydrogens (tertiary/aromatic N) is 3. The fraction of sp³-hybridized carbons (Fsp3) is 0.526. The van der Waals surface area contributed by atoms with E-state index in [1.54, 1.807) is 17.1 Å². The second-order valence-corrected chi connectivity index (χ2v) is 6.83. The molecule has 1 aliphatic carbocycles. The summed E-state index contributed by atoms with van der Waals surface area (Å²) < 4.78 is 1.70. The standard InChI is InChI=1S/C19H27N5O/c1-2-15-4-6-16(7-5-15)13-21-19(25)22-14-17-8-10-20-18(12-17)24-11-3-9-23-24/h3,8-12,15-16H,2,4-7,13-14H2,1H3,(H2,21,22,25). The fourth-order valence-electron chi connectivity index (χ4n) is 3.43. The van der Waals surface area contributed by atoms with Gasteiger partial charge in [0.15, 0.2) is 5.82 Å². The van der Waals surface area contributed by atoms with Crippen LogP contribution in [0, 0.1) is 11.8 Å². The van der Waals surface area contributed by atoms with Crippen molar-refractivity contribution in [1.82, 2.24) is 25.4 Å². The third kappa shape index (κ3) is 5.05. The normalized spacial score (nSPS) is 20.2. The van der Waals surface area contributed by atoms with E-state index in [2.05, 4.69) is 27.6 Å². The van der Waals surface area contributed by atoms with Crippen LogP contribution in [-0.2, 0) is 6.54 Å². The van der Waals surface area contributed by atoms with Crippen molar-refractivity contribution in [2.24, 2.45) is 11.8 Å². The molecule has 6 heteroatoms. The van der Waals surface area contributed by atoms with Crippen LogP contribution < -0.4 is 10.6 Å². The number of aromatic nitrogens is 3. The molecule has 0 radical (unpaired) electrons. The van der Waals surface area contributed by atoms with Crippen molar-refractivity contribution in [3.63, 3.8) is 0 Å². The Bertz CT molecular complexity index is 662. The number of hydrogen-bond donors (Lipinski definition) is 2. The summed E-state index contributed by atoms with van der Waals surface area (Å²) in [6, 6.07) is 5.59. The number of nitrogens with one attached hydrogen (secondary N) is 2. The molecule has 1 aliphatic rings.